The Kier molecular flexibility index (Phi) is 3.97. The van der Waals surface area contributed by atoms with Crippen LogP contribution in [0.15, 0.2) is 36.5 Å². The first-order valence-corrected chi connectivity index (χ1v) is 6.25. The first kappa shape index (κ1) is 13.0. The minimum atomic E-state index is -0.561. The normalized spacial score (nSPS) is 10.1. The lowest BCUT2D eigenvalue weighted by atomic mass is 10.3. The standard InChI is InChI=1S/C11H6ClIN2O3/c12-10-5-8(15(16)17)6-14-11(10)18-9-3-1-2-7(13)4-9/h1-6H. The van der Waals surface area contributed by atoms with E-state index in [1.807, 2.05) is 12.1 Å². The maximum atomic E-state index is 10.5. The first-order chi connectivity index (χ1) is 8.56. The maximum Gasteiger partial charge on any atom is 0.289 e. The van der Waals surface area contributed by atoms with Gasteiger partial charge in [0.15, 0.2) is 0 Å². The summed E-state index contributed by atoms with van der Waals surface area (Å²) in [7, 11) is 0. The zero-order valence-electron chi connectivity index (χ0n) is 8.84. The molecular weight excluding hydrogens is 370 g/mol. The fourth-order valence-electron chi connectivity index (χ4n) is 1.23. The second kappa shape index (κ2) is 5.49. The van der Waals surface area contributed by atoms with Crippen LogP contribution >= 0.6 is 34.2 Å². The van der Waals surface area contributed by atoms with Crippen molar-refractivity contribution in [2.75, 3.05) is 0 Å². The van der Waals surface area contributed by atoms with E-state index >= 15 is 0 Å². The van der Waals surface area contributed by atoms with Gasteiger partial charge in [-0.1, -0.05) is 17.7 Å². The summed E-state index contributed by atoms with van der Waals surface area (Å²) in [5.74, 6) is 0.717. The average molecular weight is 377 g/mol. The number of pyridine rings is 1. The number of benzene rings is 1. The summed E-state index contributed by atoms with van der Waals surface area (Å²) in [5, 5.41) is 10.6. The van der Waals surface area contributed by atoms with Crippen molar-refractivity contribution >= 4 is 39.9 Å². The highest BCUT2D eigenvalue weighted by molar-refractivity contribution is 14.1. The lowest BCUT2D eigenvalue weighted by Crippen LogP contribution is -1.93. The van der Waals surface area contributed by atoms with Gasteiger partial charge in [-0.2, -0.15) is 0 Å². The minimum Gasteiger partial charge on any atom is -0.437 e. The molecule has 0 aliphatic rings. The van der Waals surface area contributed by atoms with Gasteiger partial charge >= 0.3 is 0 Å². The molecule has 2 aromatic rings. The van der Waals surface area contributed by atoms with Gasteiger partial charge in [-0.25, -0.2) is 4.98 Å². The molecule has 0 unspecified atom stereocenters. The van der Waals surface area contributed by atoms with Crippen molar-refractivity contribution in [1.29, 1.82) is 0 Å². The predicted molar refractivity (Wildman–Crippen MR) is 75.1 cm³/mol. The SMILES string of the molecule is O=[N+]([O-])c1cnc(Oc2cccc(I)c2)c(Cl)c1. The van der Waals surface area contributed by atoms with Crippen LogP contribution in [0.4, 0.5) is 5.69 Å². The van der Waals surface area contributed by atoms with E-state index in [1.165, 1.54) is 6.07 Å². The lowest BCUT2D eigenvalue weighted by molar-refractivity contribution is -0.385. The summed E-state index contributed by atoms with van der Waals surface area (Å²) in [6.45, 7) is 0. The van der Waals surface area contributed by atoms with E-state index in [-0.39, 0.29) is 16.6 Å². The summed E-state index contributed by atoms with van der Waals surface area (Å²) in [5.41, 5.74) is -0.171. The van der Waals surface area contributed by atoms with Crippen LogP contribution < -0.4 is 4.74 Å². The molecular formula is C11H6ClIN2O3. The van der Waals surface area contributed by atoms with E-state index in [9.17, 15) is 10.1 Å². The Morgan fingerprint density at radius 1 is 1.39 bits per heavy atom. The Morgan fingerprint density at radius 2 is 2.17 bits per heavy atom. The van der Waals surface area contributed by atoms with Gasteiger partial charge in [0.2, 0.25) is 5.88 Å². The third-order valence-corrected chi connectivity index (χ3v) is 2.96. The molecule has 0 aliphatic carbocycles. The summed E-state index contributed by atoms with van der Waals surface area (Å²) in [6, 6.07) is 8.51. The fourth-order valence-corrected chi connectivity index (χ4v) is 1.95. The molecule has 0 bridgehead atoms. The van der Waals surface area contributed by atoms with Crippen molar-refractivity contribution in [3.8, 4) is 11.6 Å². The zero-order chi connectivity index (χ0) is 13.1. The summed E-state index contributed by atoms with van der Waals surface area (Å²) >= 11 is 8.02. The Hall–Kier alpha value is -1.41. The smallest absolute Gasteiger partial charge is 0.289 e. The predicted octanol–water partition coefficient (Wildman–Crippen LogP) is 4.04. The molecule has 0 aliphatic heterocycles. The van der Waals surface area contributed by atoms with Crippen molar-refractivity contribution in [3.63, 3.8) is 0 Å². The second-order valence-electron chi connectivity index (χ2n) is 3.30. The molecule has 0 fully saturated rings. The van der Waals surface area contributed by atoms with E-state index in [4.69, 9.17) is 16.3 Å². The quantitative estimate of drug-likeness (QED) is 0.461. The highest BCUT2D eigenvalue weighted by Crippen LogP contribution is 2.30. The number of hydrogen-bond donors (Lipinski definition) is 0. The third kappa shape index (κ3) is 3.08. The molecule has 7 heteroatoms. The number of halogens is 2. The van der Waals surface area contributed by atoms with Crippen LogP contribution in [-0.2, 0) is 0 Å². The third-order valence-electron chi connectivity index (χ3n) is 2.01. The van der Waals surface area contributed by atoms with Crippen LogP contribution in [0.1, 0.15) is 0 Å². The number of aromatic nitrogens is 1. The Labute approximate surface area is 121 Å². The molecule has 0 radical (unpaired) electrons. The lowest BCUT2D eigenvalue weighted by Gasteiger charge is -2.06. The Balaban J connectivity index is 2.27. The number of hydrogen-bond acceptors (Lipinski definition) is 4. The van der Waals surface area contributed by atoms with Crippen molar-refractivity contribution in [2.24, 2.45) is 0 Å². The number of nitrogens with zero attached hydrogens (tertiary/aromatic N) is 2. The van der Waals surface area contributed by atoms with Crippen LogP contribution in [0.3, 0.4) is 0 Å². The van der Waals surface area contributed by atoms with Crippen molar-refractivity contribution in [1.82, 2.24) is 4.98 Å². The zero-order valence-corrected chi connectivity index (χ0v) is 11.8. The molecule has 0 saturated carbocycles. The van der Waals surface area contributed by atoms with Gasteiger partial charge in [0.1, 0.15) is 17.0 Å². The highest BCUT2D eigenvalue weighted by atomic mass is 127. The summed E-state index contributed by atoms with van der Waals surface area (Å²) < 4.78 is 6.46. The minimum absolute atomic E-state index is 0.100. The first-order valence-electron chi connectivity index (χ1n) is 4.79. The van der Waals surface area contributed by atoms with Crippen molar-refractivity contribution in [2.45, 2.75) is 0 Å². The van der Waals surface area contributed by atoms with Gasteiger partial charge in [-0.05, 0) is 40.8 Å². The van der Waals surface area contributed by atoms with Crippen molar-refractivity contribution in [3.05, 3.63) is 55.2 Å². The molecule has 5 nitrogen and oxygen atoms in total. The molecule has 0 amide bonds. The highest BCUT2D eigenvalue weighted by Gasteiger charge is 2.12. The largest absolute Gasteiger partial charge is 0.437 e. The van der Waals surface area contributed by atoms with Crippen LogP contribution in [0.5, 0.6) is 11.6 Å². The molecule has 18 heavy (non-hydrogen) atoms. The van der Waals surface area contributed by atoms with Gasteiger partial charge in [0.25, 0.3) is 5.69 Å². The molecule has 0 atom stereocenters. The Morgan fingerprint density at radius 3 is 2.78 bits per heavy atom. The van der Waals surface area contributed by atoms with E-state index in [1.54, 1.807) is 12.1 Å². The summed E-state index contributed by atoms with van der Waals surface area (Å²) in [6.07, 6.45) is 1.11. The molecule has 1 aromatic heterocycles. The number of nitro groups is 1. The Bertz CT molecular complexity index is 607. The topological polar surface area (TPSA) is 65.3 Å². The fraction of sp³-hybridized carbons (Fsp3) is 0. The molecule has 0 saturated heterocycles. The molecule has 1 heterocycles. The van der Waals surface area contributed by atoms with Gasteiger partial charge in [-0.15, -0.1) is 0 Å². The van der Waals surface area contributed by atoms with Crippen LogP contribution in [-0.4, -0.2) is 9.91 Å². The average Bonchev–Trinajstić information content (AvgIpc) is 2.31. The molecule has 92 valence electrons. The summed E-state index contributed by atoms with van der Waals surface area (Å²) in [4.78, 5) is 13.8. The monoisotopic (exact) mass is 376 g/mol. The van der Waals surface area contributed by atoms with Gasteiger partial charge in [0.05, 0.1) is 4.92 Å². The molecule has 0 N–H and O–H groups in total. The van der Waals surface area contributed by atoms with Crippen LogP contribution in [0, 0.1) is 13.7 Å². The van der Waals surface area contributed by atoms with Crippen molar-refractivity contribution < 1.29 is 9.66 Å². The van der Waals surface area contributed by atoms with Crippen LogP contribution in [0.2, 0.25) is 5.02 Å². The molecule has 2 rings (SSSR count). The number of rotatable bonds is 3. The molecule has 0 spiro atoms. The molecule has 1 aromatic carbocycles. The van der Waals surface area contributed by atoms with E-state index in [0.717, 1.165) is 9.77 Å². The maximum absolute atomic E-state index is 10.5. The van der Waals surface area contributed by atoms with E-state index < -0.39 is 4.92 Å². The second-order valence-corrected chi connectivity index (χ2v) is 4.95. The van der Waals surface area contributed by atoms with Crippen LogP contribution in [0.25, 0.3) is 0 Å². The van der Waals surface area contributed by atoms with Gasteiger partial charge in [-0.3, -0.25) is 10.1 Å². The van der Waals surface area contributed by atoms with E-state index in [0.29, 0.717) is 5.75 Å². The van der Waals surface area contributed by atoms with Gasteiger partial charge in [0, 0.05) is 9.64 Å². The number of ether oxygens (including phenoxy) is 1. The van der Waals surface area contributed by atoms with Gasteiger partial charge < -0.3 is 4.74 Å². The van der Waals surface area contributed by atoms with E-state index in [2.05, 4.69) is 27.6 Å².